The van der Waals surface area contributed by atoms with Crippen molar-refractivity contribution in [2.45, 2.75) is 11.3 Å². The molecule has 0 bridgehead atoms. The van der Waals surface area contributed by atoms with E-state index < -0.39 is 16.0 Å². The summed E-state index contributed by atoms with van der Waals surface area (Å²) in [4.78, 5) is 12.4. The molecule has 0 spiro atoms. The number of amidine groups is 1. The number of nitrogens with one attached hydrogen (secondary N) is 1. The normalized spacial score (nSPS) is 14.0. The number of carbonyl (C=O) groups is 1. The van der Waals surface area contributed by atoms with Crippen LogP contribution in [0, 0.1) is 0 Å². The smallest absolute Gasteiger partial charge is 0.341 e. The highest BCUT2D eigenvalue weighted by atomic mass is 32.2. The summed E-state index contributed by atoms with van der Waals surface area (Å²) in [6.07, 6.45) is 0.478. The van der Waals surface area contributed by atoms with Crippen molar-refractivity contribution in [2.24, 2.45) is 4.40 Å². The molecule has 0 saturated heterocycles. The van der Waals surface area contributed by atoms with E-state index >= 15 is 0 Å². The molecule has 1 aliphatic rings. The van der Waals surface area contributed by atoms with Crippen molar-refractivity contribution < 1.29 is 27.4 Å². The van der Waals surface area contributed by atoms with Gasteiger partial charge in [0.15, 0.2) is 0 Å². The van der Waals surface area contributed by atoms with Crippen LogP contribution >= 0.6 is 0 Å². The molecule has 0 unspecified atom stereocenters. The molecule has 0 aromatic heterocycles. The molecule has 0 radical (unpaired) electrons. The summed E-state index contributed by atoms with van der Waals surface area (Å²) in [5, 5.41) is 2.98. The largest absolute Gasteiger partial charge is 0.497 e. The maximum absolute atomic E-state index is 12.2. The molecule has 0 aliphatic carbocycles. The van der Waals surface area contributed by atoms with Crippen molar-refractivity contribution in [1.29, 1.82) is 0 Å². The number of carbonyl (C=O) groups excluding carboxylic acids is 1. The molecule has 9 heteroatoms. The molecule has 0 fully saturated rings. The van der Waals surface area contributed by atoms with E-state index in [0.717, 1.165) is 0 Å². The van der Waals surface area contributed by atoms with Crippen molar-refractivity contribution in [3.63, 3.8) is 0 Å². The Morgan fingerprint density at radius 2 is 1.89 bits per heavy atom. The quantitative estimate of drug-likeness (QED) is 0.556. The first kappa shape index (κ1) is 19.7. The number of esters is 1. The Hall–Kier alpha value is -3.07. The Kier molecular flexibility index (Phi) is 5.84. The fourth-order valence-electron chi connectivity index (χ4n) is 2.72. The fraction of sp³-hybridized carbons (Fsp3) is 0.263. The van der Waals surface area contributed by atoms with Crippen LogP contribution in [-0.4, -0.2) is 47.6 Å². The van der Waals surface area contributed by atoms with E-state index in [1.54, 1.807) is 36.4 Å². The lowest BCUT2D eigenvalue weighted by molar-refractivity contribution is 0.0498. The second-order valence-corrected chi connectivity index (χ2v) is 7.47. The van der Waals surface area contributed by atoms with Crippen LogP contribution in [0.4, 0.5) is 0 Å². The van der Waals surface area contributed by atoms with Crippen LogP contribution in [0.2, 0.25) is 0 Å². The second kappa shape index (κ2) is 8.30. The van der Waals surface area contributed by atoms with Gasteiger partial charge in [-0.1, -0.05) is 12.1 Å². The fourth-order valence-corrected chi connectivity index (χ4v) is 3.92. The molecule has 1 heterocycles. The van der Waals surface area contributed by atoms with Crippen LogP contribution < -0.4 is 14.8 Å². The zero-order valence-electron chi connectivity index (χ0n) is 15.5. The van der Waals surface area contributed by atoms with Gasteiger partial charge in [-0.25, -0.2) is 4.79 Å². The molecule has 28 heavy (non-hydrogen) atoms. The van der Waals surface area contributed by atoms with Crippen LogP contribution in [-0.2, 0) is 14.8 Å². The van der Waals surface area contributed by atoms with Gasteiger partial charge in [0, 0.05) is 18.2 Å². The van der Waals surface area contributed by atoms with E-state index in [0.29, 0.717) is 41.4 Å². The number of rotatable bonds is 7. The number of benzene rings is 2. The van der Waals surface area contributed by atoms with E-state index in [9.17, 15) is 13.2 Å². The lowest BCUT2D eigenvalue weighted by atomic mass is 10.2. The topological polar surface area (TPSA) is 103 Å². The summed E-state index contributed by atoms with van der Waals surface area (Å²) in [7, 11) is -0.657. The van der Waals surface area contributed by atoms with E-state index in [1.807, 2.05) is 0 Å². The molecule has 1 N–H and O–H groups in total. The van der Waals surface area contributed by atoms with E-state index in [1.165, 1.54) is 20.3 Å². The predicted molar refractivity (Wildman–Crippen MR) is 103 cm³/mol. The highest BCUT2D eigenvalue weighted by Crippen LogP contribution is 2.26. The first-order valence-corrected chi connectivity index (χ1v) is 9.97. The number of ether oxygens (including phenoxy) is 3. The van der Waals surface area contributed by atoms with Gasteiger partial charge in [0.2, 0.25) is 0 Å². The number of hydrogen-bond acceptors (Lipinski definition) is 7. The monoisotopic (exact) mass is 404 g/mol. The van der Waals surface area contributed by atoms with Gasteiger partial charge in [0.25, 0.3) is 10.0 Å². The number of sulfonamides is 1. The Morgan fingerprint density at radius 1 is 1.11 bits per heavy atom. The van der Waals surface area contributed by atoms with Crippen molar-refractivity contribution in [3.05, 3.63) is 53.6 Å². The van der Waals surface area contributed by atoms with Gasteiger partial charge in [-0.2, -0.15) is 8.42 Å². The molecule has 0 atom stereocenters. The van der Waals surface area contributed by atoms with Crippen LogP contribution in [0.1, 0.15) is 22.3 Å². The first-order valence-electron chi connectivity index (χ1n) is 8.53. The first-order chi connectivity index (χ1) is 13.5. The highest BCUT2D eigenvalue weighted by molar-refractivity contribution is 7.90. The number of hydrogen-bond donors (Lipinski definition) is 1. The van der Waals surface area contributed by atoms with Crippen molar-refractivity contribution in [1.82, 2.24) is 5.32 Å². The number of nitrogens with zero attached hydrogens (tertiary/aromatic N) is 1. The van der Waals surface area contributed by atoms with Crippen LogP contribution in [0.3, 0.4) is 0 Å². The summed E-state index contributed by atoms with van der Waals surface area (Å²) in [6.45, 7) is 0.554. The Balaban J connectivity index is 1.51. The Morgan fingerprint density at radius 3 is 2.64 bits per heavy atom. The number of fused-ring (bicyclic) bond motifs is 1. The van der Waals surface area contributed by atoms with Gasteiger partial charge in [0.1, 0.15) is 27.8 Å². The molecule has 1 aliphatic heterocycles. The van der Waals surface area contributed by atoms with Gasteiger partial charge >= 0.3 is 5.97 Å². The third-order valence-corrected chi connectivity index (χ3v) is 5.44. The molecule has 8 nitrogen and oxygen atoms in total. The average Bonchev–Trinajstić information content (AvgIpc) is 2.97. The minimum Gasteiger partial charge on any atom is -0.497 e. The van der Waals surface area contributed by atoms with Crippen molar-refractivity contribution in [2.75, 3.05) is 27.4 Å². The van der Waals surface area contributed by atoms with E-state index in [4.69, 9.17) is 14.2 Å². The Bertz CT molecular complexity index is 1020. The zero-order chi connectivity index (χ0) is 20.1. The van der Waals surface area contributed by atoms with Gasteiger partial charge < -0.3 is 19.5 Å². The van der Waals surface area contributed by atoms with Crippen LogP contribution in [0.5, 0.6) is 11.5 Å². The summed E-state index contributed by atoms with van der Waals surface area (Å²) >= 11 is 0. The maximum Gasteiger partial charge on any atom is 0.341 e. The third-order valence-electron chi connectivity index (χ3n) is 4.11. The van der Waals surface area contributed by atoms with Gasteiger partial charge in [-0.3, -0.25) is 0 Å². The molecular weight excluding hydrogens is 384 g/mol. The zero-order valence-corrected chi connectivity index (χ0v) is 16.3. The van der Waals surface area contributed by atoms with E-state index in [2.05, 4.69) is 9.71 Å². The van der Waals surface area contributed by atoms with Crippen LogP contribution in [0.15, 0.2) is 51.8 Å². The summed E-state index contributed by atoms with van der Waals surface area (Å²) in [5.74, 6) is 0.735. The molecule has 2 aromatic carbocycles. The predicted octanol–water partition coefficient (Wildman–Crippen LogP) is 1.99. The summed E-state index contributed by atoms with van der Waals surface area (Å²) in [5.41, 5.74) is 0.846. The lowest BCUT2D eigenvalue weighted by Crippen LogP contribution is -2.25. The maximum atomic E-state index is 12.2. The minimum atomic E-state index is -3.64. The third kappa shape index (κ3) is 4.09. The second-order valence-electron chi connectivity index (χ2n) is 5.89. The molecule has 3 rings (SSSR count). The van der Waals surface area contributed by atoms with Gasteiger partial charge in [0.05, 0.1) is 20.8 Å². The van der Waals surface area contributed by atoms with E-state index in [-0.39, 0.29) is 11.5 Å². The minimum absolute atomic E-state index is 0.155. The summed E-state index contributed by atoms with van der Waals surface area (Å²) in [6, 6.07) is 11.5. The van der Waals surface area contributed by atoms with Crippen LogP contribution in [0.25, 0.3) is 0 Å². The molecule has 2 aromatic rings. The molecule has 148 valence electrons. The van der Waals surface area contributed by atoms with Gasteiger partial charge in [-0.05, 0) is 30.7 Å². The lowest BCUT2D eigenvalue weighted by Gasteiger charge is -2.11. The highest BCUT2D eigenvalue weighted by Gasteiger charge is 2.27. The van der Waals surface area contributed by atoms with Crippen molar-refractivity contribution in [3.8, 4) is 11.5 Å². The standard InChI is InChI=1S/C19H20N2O6S/c1-25-13-8-9-14(16(12-13)26-2)19(22)27-11-5-10-20-18-15-6-3-4-7-17(15)28(23,24)21-18/h3-4,6-9,12H,5,10-11H2,1-2H3,(H,20,21). The van der Waals surface area contributed by atoms with Gasteiger partial charge in [-0.15, -0.1) is 4.40 Å². The SMILES string of the molecule is COc1ccc(C(=O)OCCCNC2=NS(=O)(=O)c3ccccc32)c(OC)c1. The molecular formula is C19H20N2O6S. The molecule has 0 saturated carbocycles. The van der Waals surface area contributed by atoms with Crippen molar-refractivity contribution >= 4 is 21.8 Å². The Labute approximate surface area is 163 Å². The average molecular weight is 404 g/mol. The molecule has 0 amide bonds. The summed E-state index contributed by atoms with van der Waals surface area (Å²) < 4.78 is 43.3. The number of methoxy groups -OCH3 is 2.